The van der Waals surface area contributed by atoms with E-state index in [1.54, 1.807) is 36.4 Å². The molecule has 0 unspecified atom stereocenters. The van der Waals surface area contributed by atoms with Gasteiger partial charge >= 0.3 is 0 Å². The Labute approximate surface area is 105 Å². The number of pyridine rings is 1. The van der Waals surface area contributed by atoms with Gasteiger partial charge in [0.1, 0.15) is 0 Å². The summed E-state index contributed by atoms with van der Waals surface area (Å²) in [5.74, 6) is -0.212. The molecule has 0 aliphatic heterocycles. The molecular weight excluding hydrogens is 228 g/mol. The highest BCUT2D eigenvalue weighted by atomic mass is 16.1. The molecule has 18 heavy (non-hydrogen) atoms. The number of nitrogen functional groups attached to an aromatic ring is 1. The van der Waals surface area contributed by atoms with E-state index in [1.807, 2.05) is 0 Å². The lowest BCUT2D eigenvalue weighted by Gasteiger charge is -2.05. The van der Waals surface area contributed by atoms with Crippen LogP contribution in [0.1, 0.15) is 16.1 Å². The third-order valence-corrected chi connectivity index (χ3v) is 2.46. The zero-order valence-corrected chi connectivity index (χ0v) is 9.76. The summed E-state index contributed by atoms with van der Waals surface area (Å²) in [6, 6.07) is 10.4. The van der Waals surface area contributed by atoms with Gasteiger partial charge in [-0.1, -0.05) is 0 Å². The van der Waals surface area contributed by atoms with Crippen molar-refractivity contribution in [3.63, 3.8) is 0 Å². The lowest BCUT2D eigenvalue weighted by atomic mass is 10.2. The highest BCUT2D eigenvalue weighted by molar-refractivity contribution is 6.04. The van der Waals surface area contributed by atoms with Crippen LogP contribution in [0.4, 0.5) is 11.4 Å². The van der Waals surface area contributed by atoms with Crippen LogP contribution in [-0.2, 0) is 6.54 Å². The average molecular weight is 242 g/mol. The van der Waals surface area contributed by atoms with E-state index in [0.29, 0.717) is 23.5 Å². The summed E-state index contributed by atoms with van der Waals surface area (Å²) >= 11 is 0. The minimum Gasteiger partial charge on any atom is -0.399 e. The van der Waals surface area contributed by atoms with Gasteiger partial charge in [0, 0.05) is 24.1 Å². The van der Waals surface area contributed by atoms with E-state index in [1.165, 1.54) is 6.20 Å². The molecule has 0 saturated carbocycles. The van der Waals surface area contributed by atoms with E-state index < -0.39 is 0 Å². The molecule has 0 radical (unpaired) electrons. The van der Waals surface area contributed by atoms with Crippen molar-refractivity contribution in [2.75, 3.05) is 11.1 Å². The molecule has 5 heteroatoms. The van der Waals surface area contributed by atoms with Crippen LogP contribution in [-0.4, -0.2) is 10.9 Å². The van der Waals surface area contributed by atoms with Gasteiger partial charge in [0.05, 0.1) is 11.3 Å². The molecule has 1 aromatic carbocycles. The Hall–Kier alpha value is -2.40. The fraction of sp³-hybridized carbons (Fsp3) is 0.0769. The van der Waals surface area contributed by atoms with Crippen molar-refractivity contribution in [2.24, 2.45) is 5.73 Å². The standard InChI is InChI=1S/C13H14N4O/c14-7-12-4-1-9(8-16-12)13(18)17-11-5-2-10(15)3-6-11/h1-6,8H,7,14-15H2,(H,17,18). The number of benzene rings is 1. The highest BCUT2D eigenvalue weighted by Crippen LogP contribution is 2.12. The van der Waals surface area contributed by atoms with Gasteiger partial charge in [-0.15, -0.1) is 0 Å². The van der Waals surface area contributed by atoms with E-state index in [-0.39, 0.29) is 5.91 Å². The topological polar surface area (TPSA) is 94.0 Å². The SMILES string of the molecule is NCc1ccc(C(=O)Nc2ccc(N)cc2)cn1. The van der Waals surface area contributed by atoms with Crippen molar-refractivity contribution in [3.8, 4) is 0 Å². The zero-order chi connectivity index (χ0) is 13.0. The smallest absolute Gasteiger partial charge is 0.257 e. The molecule has 5 nitrogen and oxygen atoms in total. The number of nitrogens with two attached hydrogens (primary N) is 2. The van der Waals surface area contributed by atoms with Crippen LogP contribution < -0.4 is 16.8 Å². The van der Waals surface area contributed by atoms with Gasteiger partial charge < -0.3 is 16.8 Å². The second-order valence-electron chi connectivity index (χ2n) is 3.82. The van der Waals surface area contributed by atoms with Crippen molar-refractivity contribution in [1.82, 2.24) is 4.98 Å². The Kier molecular flexibility index (Phi) is 3.54. The predicted octanol–water partition coefficient (Wildman–Crippen LogP) is 1.37. The first kappa shape index (κ1) is 12.1. The molecule has 1 aromatic heterocycles. The maximum Gasteiger partial charge on any atom is 0.257 e. The van der Waals surface area contributed by atoms with Gasteiger partial charge in [0.15, 0.2) is 0 Å². The first-order valence-corrected chi connectivity index (χ1v) is 5.51. The zero-order valence-electron chi connectivity index (χ0n) is 9.76. The van der Waals surface area contributed by atoms with Gasteiger partial charge in [-0.2, -0.15) is 0 Å². The Balaban J connectivity index is 2.09. The molecule has 2 aromatic rings. The second kappa shape index (κ2) is 5.29. The minimum absolute atomic E-state index is 0.212. The molecule has 0 atom stereocenters. The van der Waals surface area contributed by atoms with Crippen LogP contribution in [0.15, 0.2) is 42.6 Å². The number of aromatic nitrogens is 1. The molecule has 0 aliphatic carbocycles. The monoisotopic (exact) mass is 242 g/mol. The molecule has 0 fully saturated rings. The summed E-state index contributed by atoms with van der Waals surface area (Å²) in [5.41, 5.74) is 13.6. The molecule has 5 N–H and O–H groups in total. The predicted molar refractivity (Wildman–Crippen MR) is 70.9 cm³/mol. The number of carbonyl (C=O) groups is 1. The molecular formula is C13H14N4O. The number of rotatable bonds is 3. The maximum atomic E-state index is 11.9. The largest absolute Gasteiger partial charge is 0.399 e. The summed E-state index contributed by atoms with van der Waals surface area (Å²) in [5, 5.41) is 2.76. The molecule has 0 aliphatic rings. The summed E-state index contributed by atoms with van der Waals surface area (Å²) in [7, 11) is 0. The molecule has 0 bridgehead atoms. The average Bonchev–Trinajstić information content (AvgIpc) is 2.41. The number of nitrogens with zero attached hydrogens (tertiary/aromatic N) is 1. The van der Waals surface area contributed by atoms with Gasteiger partial charge in [0.25, 0.3) is 5.91 Å². The van der Waals surface area contributed by atoms with Crippen molar-refractivity contribution in [3.05, 3.63) is 53.9 Å². The van der Waals surface area contributed by atoms with Gasteiger partial charge in [-0.05, 0) is 36.4 Å². The van der Waals surface area contributed by atoms with Crippen molar-refractivity contribution < 1.29 is 4.79 Å². The third-order valence-electron chi connectivity index (χ3n) is 2.46. The molecule has 92 valence electrons. The molecule has 0 saturated heterocycles. The first-order valence-electron chi connectivity index (χ1n) is 5.51. The van der Waals surface area contributed by atoms with E-state index in [0.717, 1.165) is 5.69 Å². The van der Waals surface area contributed by atoms with E-state index in [9.17, 15) is 4.79 Å². The summed E-state index contributed by atoms with van der Waals surface area (Å²) in [6.07, 6.45) is 1.51. The van der Waals surface area contributed by atoms with Gasteiger partial charge in [0.2, 0.25) is 0 Å². The van der Waals surface area contributed by atoms with Crippen molar-refractivity contribution in [2.45, 2.75) is 6.54 Å². The second-order valence-corrected chi connectivity index (χ2v) is 3.82. The van der Waals surface area contributed by atoms with E-state index >= 15 is 0 Å². The van der Waals surface area contributed by atoms with Crippen LogP contribution >= 0.6 is 0 Å². The van der Waals surface area contributed by atoms with E-state index in [4.69, 9.17) is 11.5 Å². The van der Waals surface area contributed by atoms with Crippen LogP contribution in [0.3, 0.4) is 0 Å². The summed E-state index contributed by atoms with van der Waals surface area (Å²) in [4.78, 5) is 16.0. The fourth-order valence-corrected chi connectivity index (χ4v) is 1.45. The molecule has 0 spiro atoms. The molecule has 1 amide bonds. The number of carbonyl (C=O) groups excluding carboxylic acids is 1. The lowest BCUT2D eigenvalue weighted by Crippen LogP contribution is -2.12. The Morgan fingerprint density at radius 1 is 1.17 bits per heavy atom. The van der Waals surface area contributed by atoms with Crippen LogP contribution in [0, 0.1) is 0 Å². The number of nitrogens with one attached hydrogen (secondary N) is 1. The first-order chi connectivity index (χ1) is 8.69. The van der Waals surface area contributed by atoms with Crippen LogP contribution in [0.25, 0.3) is 0 Å². The molecule has 2 rings (SSSR count). The van der Waals surface area contributed by atoms with Crippen molar-refractivity contribution in [1.29, 1.82) is 0 Å². The summed E-state index contributed by atoms with van der Waals surface area (Å²) in [6.45, 7) is 0.361. The lowest BCUT2D eigenvalue weighted by molar-refractivity contribution is 0.102. The number of hydrogen-bond acceptors (Lipinski definition) is 4. The normalized spacial score (nSPS) is 10.1. The highest BCUT2D eigenvalue weighted by Gasteiger charge is 2.06. The Morgan fingerprint density at radius 3 is 2.44 bits per heavy atom. The van der Waals surface area contributed by atoms with E-state index in [2.05, 4.69) is 10.3 Å². The van der Waals surface area contributed by atoms with Crippen LogP contribution in [0.5, 0.6) is 0 Å². The quantitative estimate of drug-likeness (QED) is 0.708. The number of hydrogen-bond donors (Lipinski definition) is 3. The number of amides is 1. The van der Waals surface area contributed by atoms with Crippen molar-refractivity contribution >= 4 is 17.3 Å². The Bertz CT molecular complexity index is 534. The molecule has 1 heterocycles. The summed E-state index contributed by atoms with van der Waals surface area (Å²) < 4.78 is 0. The van der Waals surface area contributed by atoms with Gasteiger partial charge in [-0.25, -0.2) is 0 Å². The van der Waals surface area contributed by atoms with Crippen LogP contribution in [0.2, 0.25) is 0 Å². The number of anilines is 2. The minimum atomic E-state index is -0.212. The van der Waals surface area contributed by atoms with Gasteiger partial charge in [-0.3, -0.25) is 9.78 Å². The third kappa shape index (κ3) is 2.83. The maximum absolute atomic E-state index is 11.9. The Morgan fingerprint density at radius 2 is 1.89 bits per heavy atom. The fourth-order valence-electron chi connectivity index (χ4n) is 1.45.